The van der Waals surface area contributed by atoms with Crippen LogP contribution < -0.4 is 4.90 Å². The molecule has 0 bridgehead atoms. The Morgan fingerprint density at radius 3 is 2.78 bits per heavy atom. The number of alkyl halides is 1. The van der Waals surface area contributed by atoms with E-state index in [9.17, 15) is 0 Å². The molecule has 0 aliphatic carbocycles. The highest BCUT2D eigenvalue weighted by atomic mass is 35.5. The highest BCUT2D eigenvalue weighted by Crippen LogP contribution is 2.22. The zero-order valence-corrected chi connectivity index (χ0v) is 11.8. The lowest BCUT2D eigenvalue weighted by molar-refractivity contribution is 0.481. The molecule has 2 heterocycles. The van der Waals surface area contributed by atoms with Gasteiger partial charge in [-0.25, -0.2) is 4.98 Å². The zero-order valence-electron chi connectivity index (χ0n) is 10.3. The van der Waals surface area contributed by atoms with Crippen LogP contribution in [0.25, 0.3) is 0 Å². The number of hydrogen-bond acceptors (Lipinski definition) is 3. The van der Waals surface area contributed by atoms with Gasteiger partial charge in [0.05, 0.1) is 11.6 Å². The highest BCUT2D eigenvalue weighted by molar-refractivity contribution is 6.32. The second kappa shape index (κ2) is 5.63. The molecule has 3 nitrogen and oxygen atoms in total. The smallest absolute Gasteiger partial charge is 0.129 e. The minimum atomic E-state index is 0.377. The molecule has 0 saturated heterocycles. The number of pyridine rings is 1. The highest BCUT2D eigenvalue weighted by Gasteiger charge is 2.09. The summed E-state index contributed by atoms with van der Waals surface area (Å²) in [6.45, 7) is 2.58. The number of anilines is 1. The number of furan rings is 1. The van der Waals surface area contributed by atoms with E-state index < -0.39 is 0 Å². The molecule has 0 aliphatic heterocycles. The summed E-state index contributed by atoms with van der Waals surface area (Å²) in [6.07, 6.45) is 1.62. The quantitative estimate of drug-likeness (QED) is 0.795. The Morgan fingerprint density at radius 2 is 2.17 bits per heavy atom. The number of rotatable bonds is 4. The van der Waals surface area contributed by atoms with E-state index in [1.54, 1.807) is 6.20 Å². The normalized spacial score (nSPS) is 10.7. The van der Waals surface area contributed by atoms with Crippen molar-refractivity contribution >= 4 is 29.0 Å². The van der Waals surface area contributed by atoms with Gasteiger partial charge in [0.15, 0.2) is 0 Å². The first-order chi connectivity index (χ1) is 8.60. The maximum absolute atomic E-state index is 5.98. The van der Waals surface area contributed by atoms with Crippen molar-refractivity contribution in [2.75, 3.05) is 11.9 Å². The topological polar surface area (TPSA) is 29.3 Å². The van der Waals surface area contributed by atoms with E-state index in [1.807, 2.05) is 37.1 Å². The lowest BCUT2D eigenvalue weighted by atomic mass is 10.3. The van der Waals surface area contributed by atoms with Crippen molar-refractivity contribution in [1.29, 1.82) is 0 Å². The Balaban J connectivity index is 2.15. The molecular weight excluding hydrogens is 271 g/mol. The number of aromatic nitrogens is 1. The molecule has 5 heteroatoms. The van der Waals surface area contributed by atoms with Crippen LogP contribution in [0.5, 0.6) is 0 Å². The molecular formula is C13H14Cl2N2O. The van der Waals surface area contributed by atoms with Crippen LogP contribution in [0.1, 0.15) is 17.1 Å². The standard InChI is InChI=1S/C13H14Cl2N2O/c1-9-3-4-11(18-9)8-17(2)13-5-10(6-14)12(15)7-16-13/h3-5,7H,6,8H2,1-2H3. The van der Waals surface area contributed by atoms with E-state index in [4.69, 9.17) is 27.6 Å². The van der Waals surface area contributed by atoms with Crippen molar-refractivity contribution in [3.8, 4) is 0 Å². The maximum Gasteiger partial charge on any atom is 0.129 e. The SMILES string of the molecule is Cc1ccc(CN(C)c2cc(CCl)c(Cl)cn2)o1. The average molecular weight is 285 g/mol. The lowest BCUT2D eigenvalue weighted by Gasteiger charge is -2.17. The fraction of sp³-hybridized carbons (Fsp3) is 0.308. The summed E-state index contributed by atoms with van der Waals surface area (Å²) >= 11 is 11.8. The molecule has 0 unspecified atom stereocenters. The van der Waals surface area contributed by atoms with E-state index in [0.717, 1.165) is 22.9 Å². The molecule has 2 aromatic heterocycles. The van der Waals surface area contributed by atoms with Crippen molar-refractivity contribution < 1.29 is 4.42 Å². The van der Waals surface area contributed by atoms with Gasteiger partial charge in [-0.3, -0.25) is 0 Å². The first-order valence-corrected chi connectivity index (χ1v) is 6.48. The molecule has 0 fully saturated rings. The molecule has 0 atom stereocenters. The third kappa shape index (κ3) is 2.98. The van der Waals surface area contributed by atoms with E-state index in [0.29, 0.717) is 17.4 Å². The zero-order chi connectivity index (χ0) is 13.1. The summed E-state index contributed by atoms with van der Waals surface area (Å²) in [5.74, 6) is 3.01. The van der Waals surface area contributed by atoms with E-state index >= 15 is 0 Å². The van der Waals surface area contributed by atoms with Gasteiger partial charge in [-0.2, -0.15) is 0 Å². The Morgan fingerprint density at radius 1 is 1.39 bits per heavy atom. The number of nitrogens with zero attached hydrogens (tertiary/aromatic N) is 2. The van der Waals surface area contributed by atoms with Crippen molar-refractivity contribution in [3.63, 3.8) is 0 Å². The van der Waals surface area contributed by atoms with Crippen LogP contribution in [0.2, 0.25) is 5.02 Å². The molecule has 0 N–H and O–H groups in total. The predicted octanol–water partition coefficient (Wildman–Crippen LogP) is 4.01. The first kappa shape index (κ1) is 13.2. The monoisotopic (exact) mass is 284 g/mol. The molecule has 96 valence electrons. The van der Waals surface area contributed by atoms with Crippen LogP contribution >= 0.6 is 23.2 Å². The van der Waals surface area contributed by atoms with Crippen LogP contribution in [0.15, 0.2) is 28.8 Å². The van der Waals surface area contributed by atoms with Crippen LogP contribution in [0.3, 0.4) is 0 Å². The molecule has 0 aliphatic rings. The molecule has 2 rings (SSSR count). The third-order valence-electron chi connectivity index (χ3n) is 2.64. The van der Waals surface area contributed by atoms with Gasteiger partial charge in [0, 0.05) is 19.1 Å². The summed E-state index contributed by atoms with van der Waals surface area (Å²) < 4.78 is 5.53. The third-order valence-corrected chi connectivity index (χ3v) is 3.27. The van der Waals surface area contributed by atoms with Gasteiger partial charge >= 0.3 is 0 Å². The number of halogens is 2. The fourth-order valence-corrected chi connectivity index (χ4v) is 2.12. The van der Waals surface area contributed by atoms with E-state index in [2.05, 4.69) is 4.98 Å². The number of aryl methyl sites for hydroxylation is 1. The van der Waals surface area contributed by atoms with Gasteiger partial charge in [0.1, 0.15) is 17.3 Å². The molecule has 0 radical (unpaired) electrons. The minimum absolute atomic E-state index is 0.377. The summed E-state index contributed by atoms with van der Waals surface area (Å²) in [5.41, 5.74) is 0.880. The van der Waals surface area contributed by atoms with Crippen LogP contribution in [-0.2, 0) is 12.4 Å². The predicted molar refractivity (Wildman–Crippen MR) is 74.4 cm³/mol. The van der Waals surface area contributed by atoms with Gasteiger partial charge in [-0.15, -0.1) is 11.6 Å². The summed E-state index contributed by atoms with van der Waals surface area (Å²) in [7, 11) is 1.95. The fourth-order valence-electron chi connectivity index (χ4n) is 1.66. The maximum atomic E-state index is 5.98. The minimum Gasteiger partial charge on any atom is -0.464 e. The molecule has 2 aromatic rings. The van der Waals surface area contributed by atoms with Gasteiger partial charge in [-0.1, -0.05) is 11.6 Å². The van der Waals surface area contributed by atoms with Gasteiger partial charge < -0.3 is 9.32 Å². The molecule has 0 aromatic carbocycles. The van der Waals surface area contributed by atoms with Crippen molar-refractivity contribution in [1.82, 2.24) is 4.98 Å². The van der Waals surface area contributed by atoms with Gasteiger partial charge in [0.2, 0.25) is 0 Å². The Hall–Kier alpha value is -1.19. The summed E-state index contributed by atoms with van der Waals surface area (Å²) in [4.78, 5) is 6.27. The van der Waals surface area contributed by atoms with E-state index in [-0.39, 0.29) is 0 Å². The van der Waals surface area contributed by atoms with Crippen molar-refractivity contribution in [2.24, 2.45) is 0 Å². The van der Waals surface area contributed by atoms with Crippen molar-refractivity contribution in [2.45, 2.75) is 19.3 Å². The largest absolute Gasteiger partial charge is 0.464 e. The summed E-state index contributed by atoms with van der Waals surface area (Å²) in [5, 5.41) is 0.594. The van der Waals surface area contributed by atoms with Crippen LogP contribution in [0, 0.1) is 6.92 Å². The number of hydrogen-bond donors (Lipinski definition) is 0. The molecule has 0 amide bonds. The second-order valence-electron chi connectivity index (χ2n) is 4.14. The average Bonchev–Trinajstić information content (AvgIpc) is 2.75. The van der Waals surface area contributed by atoms with Gasteiger partial charge in [-0.05, 0) is 30.7 Å². The lowest BCUT2D eigenvalue weighted by Crippen LogP contribution is -2.17. The van der Waals surface area contributed by atoms with Crippen LogP contribution in [-0.4, -0.2) is 12.0 Å². The first-order valence-electron chi connectivity index (χ1n) is 5.57. The molecule has 18 heavy (non-hydrogen) atoms. The Labute approximate surface area is 116 Å². The molecule has 0 spiro atoms. The van der Waals surface area contributed by atoms with Gasteiger partial charge in [0.25, 0.3) is 0 Å². The van der Waals surface area contributed by atoms with E-state index in [1.165, 1.54) is 0 Å². The second-order valence-corrected chi connectivity index (χ2v) is 4.81. The molecule has 0 saturated carbocycles. The van der Waals surface area contributed by atoms with Crippen molar-refractivity contribution in [3.05, 3.63) is 46.5 Å². The summed E-state index contributed by atoms with van der Waals surface area (Å²) in [6, 6.07) is 5.80. The Kier molecular flexibility index (Phi) is 4.15. The van der Waals surface area contributed by atoms with Crippen LogP contribution in [0.4, 0.5) is 5.82 Å². The Bertz CT molecular complexity index is 540.